The topological polar surface area (TPSA) is 137 Å². The lowest BCUT2D eigenvalue weighted by Gasteiger charge is -2.07. The third-order valence-corrected chi connectivity index (χ3v) is 2.35. The van der Waals surface area contributed by atoms with E-state index in [1.165, 1.54) is 17.3 Å². The number of nitrogens with two attached hydrogens (primary N) is 1. The van der Waals surface area contributed by atoms with Crippen molar-refractivity contribution in [1.29, 1.82) is 0 Å². The van der Waals surface area contributed by atoms with Crippen LogP contribution in [0.1, 0.15) is 12.8 Å². The number of rotatable bonds is 7. The van der Waals surface area contributed by atoms with Crippen LogP contribution in [0.2, 0.25) is 0 Å². The van der Waals surface area contributed by atoms with E-state index in [0.717, 1.165) is 0 Å². The minimum atomic E-state index is -0.332. The van der Waals surface area contributed by atoms with Gasteiger partial charge in [-0.3, -0.25) is 4.79 Å². The Balaban J connectivity index is 2.08. The molecule has 0 bridgehead atoms. The Morgan fingerprint density at radius 3 is 2.80 bits per heavy atom. The SMILES string of the molecule is CNc1nc(NCCCC(N)=O)nc(-n2cncn2)n1. The van der Waals surface area contributed by atoms with Crippen LogP contribution < -0.4 is 16.4 Å². The second kappa shape index (κ2) is 6.41. The Kier molecular flexibility index (Phi) is 4.37. The quantitative estimate of drug-likeness (QED) is 0.558. The van der Waals surface area contributed by atoms with Gasteiger partial charge >= 0.3 is 0 Å². The number of carbonyl (C=O) groups excluding carboxylic acids is 1. The molecule has 0 unspecified atom stereocenters. The van der Waals surface area contributed by atoms with Gasteiger partial charge in [0.2, 0.25) is 17.8 Å². The van der Waals surface area contributed by atoms with Crippen LogP contribution in [0.3, 0.4) is 0 Å². The highest BCUT2D eigenvalue weighted by molar-refractivity contribution is 5.73. The average Bonchev–Trinajstić information content (AvgIpc) is 2.97. The first-order valence-corrected chi connectivity index (χ1v) is 6.00. The largest absolute Gasteiger partial charge is 0.370 e. The first-order valence-electron chi connectivity index (χ1n) is 6.00. The average molecular weight is 277 g/mol. The van der Waals surface area contributed by atoms with E-state index in [0.29, 0.717) is 37.2 Å². The van der Waals surface area contributed by atoms with Crippen molar-refractivity contribution >= 4 is 17.8 Å². The first kappa shape index (κ1) is 13.6. The molecule has 10 heteroatoms. The molecule has 4 N–H and O–H groups in total. The molecule has 0 fully saturated rings. The van der Waals surface area contributed by atoms with E-state index in [9.17, 15) is 4.79 Å². The number of hydrogen-bond acceptors (Lipinski definition) is 8. The van der Waals surface area contributed by atoms with Gasteiger partial charge in [-0.1, -0.05) is 0 Å². The van der Waals surface area contributed by atoms with E-state index < -0.39 is 0 Å². The Morgan fingerprint density at radius 1 is 1.35 bits per heavy atom. The van der Waals surface area contributed by atoms with Gasteiger partial charge in [-0.15, -0.1) is 0 Å². The predicted octanol–water partition coefficient (Wildman–Crippen LogP) is -0.829. The van der Waals surface area contributed by atoms with Crippen molar-refractivity contribution in [2.24, 2.45) is 5.73 Å². The van der Waals surface area contributed by atoms with Gasteiger partial charge in [0, 0.05) is 20.0 Å². The Morgan fingerprint density at radius 2 is 2.15 bits per heavy atom. The van der Waals surface area contributed by atoms with E-state index >= 15 is 0 Å². The van der Waals surface area contributed by atoms with Gasteiger partial charge in [0.05, 0.1) is 0 Å². The number of primary amides is 1. The number of carbonyl (C=O) groups is 1. The zero-order chi connectivity index (χ0) is 14.4. The van der Waals surface area contributed by atoms with E-state index in [-0.39, 0.29) is 5.91 Å². The smallest absolute Gasteiger partial charge is 0.258 e. The second-order valence-electron chi connectivity index (χ2n) is 3.87. The lowest BCUT2D eigenvalue weighted by molar-refractivity contribution is -0.118. The Hall–Kier alpha value is -2.78. The fourth-order valence-electron chi connectivity index (χ4n) is 1.43. The summed E-state index contributed by atoms with van der Waals surface area (Å²) >= 11 is 0. The molecule has 0 atom stereocenters. The van der Waals surface area contributed by atoms with Crippen molar-refractivity contribution in [3.63, 3.8) is 0 Å². The summed E-state index contributed by atoms with van der Waals surface area (Å²) in [5.74, 6) is 0.808. The van der Waals surface area contributed by atoms with Gasteiger partial charge in [-0.2, -0.15) is 24.7 Å². The van der Waals surface area contributed by atoms with Crippen LogP contribution in [0.25, 0.3) is 5.95 Å². The van der Waals surface area contributed by atoms with Gasteiger partial charge in [-0.05, 0) is 6.42 Å². The van der Waals surface area contributed by atoms with Crippen LogP contribution in [0.5, 0.6) is 0 Å². The number of hydrogen-bond donors (Lipinski definition) is 3. The maximum Gasteiger partial charge on any atom is 0.258 e. The van der Waals surface area contributed by atoms with E-state index in [2.05, 4.69) is 35.7 Å². The maximum atomic E-state index is 10.6. The van der Waals surface area contributed by atoms with E-state index in [4.69, 9.17) is 5.73 Å². The van der Waals surface area contributed by atoms with Crippen LogP contribution in [0, 0.1) is 0 Å². The molecule has 2 heterocycles. The van der Waals surface area contributed by atoms with Gasteiger partial charge in [0.25, 0.3) is 5.95 Å². The summed E-state index contributed by atoms with van der Waals surface area (Å²) in [5, 5.41) is 9.80. The summed E-state index contributed by atoms with van der Waals surface area (Å²) in [5.41, 5.74) is 5.07. The van der Waals surface area contributed by atoms with E-state index in [1.54, 1.807) is 7.05 Å². The molecule has 2 rings (SSSR count). The highest BCUT2D eigenvalue weighted by Gasteiger charge is 2.07. The molecule has 0 aliphatic carbocycles. The summed E-state index contributed by atoms with van der Waals surface area (Å²) < 4.78 is 1.43. The van der Waals surface area contributed by atoms with Crippen molar-refractivity contribution in [3.05, 3.63) is 12.7 Å². The Bertz CT molecular complexity index is 568. The highest BCUT2D eigenvalue weighted by atomic mass is 16.1. The number of nitrogens with zero attached hydrogens (tertiary/aromatic N) is 6. The summed E-state index contributed by atoms with van der Waals surface area (Å²) in [7, 11) is 1.71. The van der Waals surface area contributed by atoms with Crippen LogP contribution >= 0.6 is 0 Å². The number of aromatic nitrogens is 6. The molecule has 0 spiro atoms. The molecule has 0 saturated heterocycles. The van der Waals surface area contributed by atoms with Crippen molar-refractivity contribution in [2.45, 2.75) is 12.8 Å². The monoisotopic (exact) mass is 277 g/mol. The summed E-state index contributed by atoms with van der Waals surface area (Å²) in [6.07, 6.45) is 3.80. The zero-order valence-electron chi connectivity index (χ0n) is 10.9. The zero-order valence-corrected chi connectivity index (χ0v) is 10.9. The Labute approximate surface area is 114 Å². The molecule has 106 valence electrons. The van der Waals surface area contributed by atoms with E-state index in [1.807, 2.05) is 0 Å². The second-order valence-corrected chi connectivity index (χ2v) is 3.87. The van der Waals surface area contributed by atoms with Crippen molar-refractivity contribution in [2.75, 3.05) is 24.2 Å². The van der Waals surface area contributed by atoms with Gasteiger partial charge in [0.1, 0.15) is 12.7 Å². The summed E-state index contributed by atoms with van der Waals surface area (Å²) in [6.45, 7) is 0.535. The third-order valence-electron chi connectivity index (χ3n) is 2.35. The number of anilines is 2. The molecule has 0 radical (unpaired) electrons. The number of amides is 1. The molecule has 0 aromatic carbocycles. The molecule has 1 amide bonds. The van der Waals surface area contributed by atoms with Gasteiger partial charge in [-0.25, -0.2) is 4.98 Å². The molecule has 20 heavy (non-hydrogen) atoms. The molecule has 2 aromatic heterocycles. The first-order chi connectivity index (χ1) is 9.69. The molecule has 10 nitrogen and oxygen atoms in total. The lowest BCUT2D eigenvalue weighted by Crippen LogP contribution is -2.15. The van der Waals surface area contributed by atoms with Crippen molar-refractivity contribution in [1.82, 2.24) is 29.7 Å². The molecule has 0 saturated carbocycles. The molecule has 2 aromatic rings. The van der Waals surface area contributed by atoms with Crippen LogP contribution in [0.4, 0.5) is 11.9 Å². The van der Waals surface area contributed by atoms with Crippen LogP contribution in [-0.2, 0) is 4.79 Å². The fraction of sp³-hybridized carbons (Fsp3) is 0.400. The van der Waals surface area contributed by atoms with Crippen LogP contribution in [-0.4, -0.2) is 49.2 Å². The fourth-order valence-corrected chi connectivity index (χ4v) is 1.43. The summed E-state index contributed by atoms with van der Waals surface area (Å²) in [4.78, 5) is 27.0. The lowest BCUT2D eigenvalue weighted by atomic mass is 10.3. The minimum Gasteiger partial charge on any atom is -0.370 e. The summed E-state index contributed by atoms with van der Waals surface area (Å²) in [6, 6.07) is 0. The molecular weight excluding hydrogens is 262 g/mol. The minimum absolute atomic E-state index is 0.312. The van der Waals surface area contributed by atoms with Gasteiger partial charge in [0.15, 0.2) is 0 Å². The normalized spacial score (nSPS) is 10.2. The van der Waals surface area contributed by atoms with Crippen molar-refractivity contribution in [3.8, 4) is 5.95 Å². The molecule has 0 aliphatic heterocycles. The molecule has 0 aliphatic rings. The predicted molar refractivity (Wildman–Crippen MR) is 71.2 cm³/mol. The standard InChI is InChI=1S/C10H15N9O/c1-12-8-16-9(14-4-2-3-7(11)20)18-10(17-8)19-6-13-5-15-19/h5-6H,2-4H2,1H3,(H2,11,20)(H2,12,14,16,17,18). The maximum absolute atomic E-state index is 10.6. The molecular formula is C10H15N9O. The number of nitrogens with one attached hydrogen (secondary N) is 2. The highest BCUT2D eigenvalue weighted by Crippen LogP contribution is 2.07. The van der Waals surface area contributed by atoms with Crippen molar-refractivity contribution < 1.29 is 4.79 Å². The van der Waals surface area contributed by atoms with Gasteiger partial charge < -0.3 is 16.4 Å². The third kappa shape index (κ3) is 3.60. The van der Waals surface area contributed by atoms with Crippen LogP contribution in [0.15, 0.2) is 12.7 Å².